The maximum Gasteiger partial charge on any atom is 0.341 e. The summed E-state index contributed by atoms with van der Waals surface area (Å²) in [6.07, 6.45) is 4.98. The fraction of sp³-hybridized carbons (Fsp3) is 0.0556. The van der Waals surface area contributed by atoms with E-state index in [1.54, 1.807) is 54.9 Å². The van der Waals surface area contributed by atoms with Gasteiger partial charge in [0.15, 0.2) is 12.4 Å². The highest BCUT2D eigenvalue weighted by Gasteiger charge is 2.11. The van der Waals surface area contributed by atoms with E-state index >= 15 is 0 Å². The van der Waals surface area contributed by atoms with Gasteiger partial charge in [0.1, 0.15) is 5.75 Å². The Labute approximate surface area is 156 Å². The van der Waals surface area contributed by atoms with Crippen LogP contribution < -0.4 is 14.8 Å². The van der Waals surface area contributed by atoms with Crippen molar-refractivity contribution in [3.63, 3.8) is 0 Å². The van der Waals surface area contributed by atoms with E-state index in [9.17, 15) is 9.59 Å². The first kappa shape index (κ1) is 16.9. The number of pyridine rings is 1. The minimum absolute atomic E-state index is 0.264. The molecule has 0 saturated heterocycles. The number of carbonyl (C=O) groups is 1. The Morgan fingerprint density at radius 1 is 1.26 bits per heavy atom. The number of ether oxygens (including phenoxy) is 1. The summed E-state index contributed by atoms with van der Waals surface area (Å²) >= 11 is 1.23. The highest BCUT2D eigenvalue weighted by Crippen LogP contribution is 2.16. The van der Waals surface area contributed by atoms with Crippen LogP contribution in [0.1, 0.15) is 5.56 Å². The van der Waals surface area contributed by atoms with Gasteiger partial charge in [0.25, 0.3) is 5.56 Å². The van der Waals surface area contributed by atoms with Crippen LogP contribution in [0, 0.1) is 0 Å². The van der Waals surface area contributed by atoms with Crippen molar-refractivity contribution >= 4 is 28.3 Å². The molecule has 134 valence electrons. The van der Waals surface area contributed by atoms with E-state index < -0.39 is 12.6 Å². The van der Waals surface area contributed by atoms with Crippen molar-refractivity contribution in [3.8, 4) is 17.1 Å². The summed E-state index contributed by atoms with van der Waals surface area (Å²) in [7, 11) is 0. The van der Waals surface area contributed by atoms with Crippen molar-refractivity contribution in [3.05, 3.63) is 69.2 Å². The molecule has 4 aromatic rings. The van der Waals surface area contributed by atoms with Crippen LogP contribution in [0.25, 0.3) is 22.4 Å². The number of fused-ring (bicyclic) bond motifs is 1. The summed E-state index contributed by atoms with van der Waals surface area (Å²) < 4.78 is 6.90. The molecule has 0 aliphatic rings. The molecule has 1 aromatic carbocycles. The molecular formula is C18H12N4O4S. The zero-order valence-corrected chi connectivity index (χ0v) is 14.6. The Bertz CT molecular complexity index is 1230. The molecule has 0 spiro atoms. The zero-order valence-electron chi connectivity index (χ0n) is 13.8. The Hall–Kier alpha value is -3.59. The van der Waals surface area contributed by atoms with Crippen molar-refractivity contribution in [2.24, 2.45) is 0 Å². The van der Waals surface area contributed by atoms with E-state index in [4.69, 9.17) is 9.84 Å². The molecule has 8 nitrogen and oxygen atoms in total. The van der Waals surface area contributed by atoms with Gasteiger partial charge in [-0.2, -0.15) is 9.50 Å². The van der Waals surface area contributed by atoms with Crippen molar-refractivity contribution in [1.82, 2.24) is 19.6 Å². The van der Waals surface area contributed by atoms with Crippen molar-refractivity contribution in [2.75, 3.05) is 6.61 Å². The lowest BCUT2D eigenvalue weighted by atomic mass is 10.2. The van der Waals surface area contributed by atoms with Gasteiger partial charge in [-0.15, -0.1) is 5.10 Å². The lowest BCUT2D eigenvalue weighted by molar-refractivity contribution is -0.139. The number of benzene rings is 1. The Morgan fingerprint density at radius 3 is 2.81 bits per heavy atom. The molecule has 3 aromatic heterocycles. The molecule has 0 saturated carbocycles. The molecular weight excluding hydrogens is 368 g/mol. The normalized spacial score (nSPS) is 11.8. The lowest BCUT2D eigenvalue weighted by Crippen LogP contribution is -2.23. The molecule has 0 bridgehead atoms. The highest BCUT2D eigenvalue weighted by molar-refractivity contribution is 7.15. The Morgan fingerprint density at radius 2 is 2.07 bits per heavy atom. The van der Waals surface area contributed by atoms with Gasteiger partial charge in [0, 0.05) is 18.0 Å². The van der Waals surface area contributed by atoms with Crippen LogP contribution in [0.5, 0.6) is 5.75 Å². The molecule has 3 heterocycles. The zero-order chi connectivity index (χ0) is 18.8. The molecule has 4 rings (SSSR count). The third kappa shape index (κ3) is 3.53. The lowest BCUT2D eigenvalue weighted by Gasteiger charge is -2.03. The molecule has 1 N–H and O–H groups in total. The molecule has 9 heteroatoms. The molecule has 0 aliphatic carbocycles. The molecule has 0 atom stereocenters. The van der Waals surface area contributed by atoms with E-state index in [1.807, 2.05) is 0 Å². The van der Waals surface area contributed by atoms with E-state index in [0.717, 1.165) is 5.56 Å². The fourth-order valence-corrected chi connectivity index (χ4v) is 3.36. The van der Waals surface area contributed by atoms with Gasteiger partial charge in [-0.1, -0.05) is 23.5 Å². The molecule has 0 unspecified atom stereocenters. The number of aliphatic carboxylic acids is 1. The topological polar surface area (TPSA) is 107 Å². The van der Waals surface area contributed by atoms with Crippen LogP contribution in [0.3, 0.4) is 0 Å². The summed E-state index contributed by atoms with van der Waals surface area (Å²) in [5.41, 5.74) is 1.24. The predicted octanol–water partition coefficient (Wildman–Crippen LogP) is 1.22. The van der Waals surface area contributed by atoms with Crippen molar-refractivity contribution in [2.45, 2.75) is 0 Å². The molecule has 27 heavy (non-hydrogen) atoms. The number of carboxylic acids is 1. The number of thiazole rings is 1. The van der Waals surface area contributed by atoms with E-state index in [0.29, 0.717) is 26.6 Å². The SMILES string of the molecule is O=C(O)COc1cccc(/C=c2\sc3nc(-c4ccncc4)nn3c2=O)c1. The predicted molar refractivity (Wildman–Crippen MR) is 98.7 cm³/mol. The van der Waals surface area contributed by atoms with Crippen LogP contribution in [-0.4, -0.2) is 37.3 Å². The summed E-state index contributed by atoms with van der Waals surface area (Å²) in [5.74, 6) is -0.170. The van der Waals surface area contributed by atoms with Gasteiger partial charge in [-0.05, 0) is 35.9 Å². The summed E-state index contributed by atoms with van der Waals surface area (Å²) in [6.45, 7) is -0.426. The molecule has 0 amide bonds. The summed E-state index contributed by atoms with van der Waals surface area (Å²) in [5, 5.41) is 13.0. The smallest absolute Gasteiger partial charge is 0.341 e. The molecule has 0 fully saturated rings. The second kappa shape index (κ2) is 6.96. The highest BCUT2D eigenvalue weighted by atomic mass is 32.1. The van der Waals surface area contributed by atoms with Gasteiger partial charge in [0.05, 0.1) is 4.53 Å². The largest absolute Gasteiger partial charge is 0.482 e. The maximum atomic E-state index is 12.6. The van der Waals surface area contributed by atoms with Gasteiger partial charge >= 0.3 is 5.97 Å². The number of nitrogens with zero attached hydrogens (tertiary/aromatic N) is 4. The Kier molecular flexibility index (Phi) is 4.35. The fourth-order valence-electron chi connectivity index (χ4n) is 2.45. The van der Waals surface area contributed by atoms with Crippen molar-refractivity contribution < 1.29 is 14.6 Å². The summed E-state index contributed by atoms with van der Waals surface area (Å²) in [4.78, 5) is 32.0. The minimum Gasteiger partial charge on any atom is -0.482 e. The molecule has 0 aliphatic heterocycles. The Balaban J connectivity index is 1.69. The second-order valence-corrected chi connectivity index (χ2v) is 6.55. The number of hydrogen-bond donors (Lipinski definition) is 1. The van der Waals surface area contributed by atoms with E-state index in [1.165, 1.54) is 15.9 Å². The van der Waals surface area contributed by atoms with Gasteiger partial charge in [-0.3, -0.25) is 9.78 Å². The van der Waals surface area contributed by atoms with Crippen LogP contribution >= 0.6 is 11.3 Å². The average Bonchev–Trinajstić information content (AvgIpc) is 3.21. The first-order chi connectivity index (χ1) is 13.1. The molecule has 0 radical (unpaired) electrons. The quantitative estimate of drug-likeness (QED) is 0.555. The monoisotopic (exact) mass is 380 g/mol. The number of carboxylic acid groups (broad SMARTS) is 1. The van der Waals surface area contributed by atoms with Crippen LogP contribution in [0.15, 0.2) is 53.6 Å². The van der Waals surface area contributed by atoms with Crippen molar-refractivity contribution in [1.29, 1.82) is 0 Å². The van der Waals surface area contributed by atoms with Crippen LogP contribution in [0.4, 0.5) is 0 Å². The number of rotatable bonds is 5. The maximum absolute atomic E-state index is 12.6. The minimum atomic E-state index is -1.05. The number of hydrogen-bond acceptors (Lipinski definition) is 7. The van der Waals surface area contributed by atoms with Gasteiger partial charge in [0.2, 0.25) is 4.96 Å². The first-order valence-electron chi connectivity index (χ1n) is 7.86. The van der Waals surface area contributed by atoms with Gasteiger partial charge in [-0.25, -0.2) is 4.79 Å². The van der Waals surface area contributed by atoms with Gasteiger partial charge < -0.3 is 9.84 Å². The van der Waals surface area contributed by atoms with Crippen LogP contribution in [0.2, 0.25) is 0 Å². The number of aromatic nitrogens is 4. The standard InChI is InChI=1S/C18H12N4O4S/c23-15(24)10-26-13-3-1-2-11(8-13)9-14-17(25)22-18(27-14)20-16(21-22)12-4-6-19-7-5-12/h1-9H,10H2,(H,23,24)/b14-9-. The first-order valence-corrected chi connectivity index (χ1v) is 8.68. The van der Waals surface area contributed by atoms with Crippen LogP contribution in [-0.2, 0) is 4.79 Å². The summed E-state index contributed by atoms with van der Waals surface area (Å²) in [6, 6.07) is 10.4. The second-order valence-electron chi connectivity index (χ2n) is 5.54. The third-order valence-electron chi connectivity index (χ3n) is 3.64. The average molecular weight is 380 g/mol. The third-order valence-corrected chi connectivity index (χ3v) is 4.60. The van der Waals surface area contributed by atoms with E-state index in [2.05, 4.69) is 15.1 Å². The van der Waals surface area contributed by atoms with E-state index in [-0.39, 0.29) is 5.56 Å².